The van der Waals surface area contributed by atoms with Crippen LogP contribution in [0.1, 0.15) is 12.5 Å². The van der Waals surface area contributed by atoms with Crippen molar-refractivity contribution >= 4 is 11.9 Å². The highest BCUT2D eigenvalue weighted by Gasteiger charge is 2.35. The summed E-state index contributed by atoms with van der Waals surface area (Å²) in [4.78, 5) is 22.7. The van der Waals surface area contributed by atoms with Gasteiger partial charge in [0.25, 0.3) is 0 Å². The number of esters is 2. The van der Waals surface area contributed by atoms with Crippen LogP contribution in [0.3, 0.4) is 0 Å². The van der Waals surface area contributed by atoms with Gasteiger partial charge >= 0.3 is 11.9 Å². The zero-order valence-corrected chi connectivity index (χ0v) is 8.88. The summed E-state index contributed by atoms with van der Waals surface area (Å²) in [5, 5.41) is 0. The molecule has 4 nitrogen and oxygen atoms in total. The smallest absolute Gasteiger partial charge is 0.348 e. The highest BCUT2D eigenvalue weighted by molar-refractivity contribution is 5.87. The Morgan fingerprint density at radius 1 is 1.06 bits per heavy atom. The summed E-state index contributed by atoms with van der Waals surface area (Å²) in [7, 11) is 0. The Bertz CT molecular complexity index is 399. The summed E-state index contributed by atoms with van der Waals surface area (Å²) < 4.78 is 9.87. The predicted octanol–water partition coefficient (Wildman–Crippen LogP) is 1.09. The standard InChI is InChI=1S/C12H12O4/c1-8-11(13)16-10(12(14)15-8)7-9-5-3-2-4-6-9/h2-6,8,10H,7H2,1H3/t8-,10-/m0/s1. The molecular formula is C12H12O4. The molecule has 84 valence electrons. The molecule has 1 aromatic rings. The number of benzene rings is 1. The Kier molecular flexibility index (Phi) is 2.90. The van der Waals surface area contributed by atoms with E-state index in [2.05, 4.69) is 0 Å². The summed E-state index contributed by atoms with van der Waals surface area (Å²) in [6, 6.07) is 9.37. The summed E-state index contributed by atoms with van der Waals surface area (Å²) in [6.07, 6.45) is -1.25. The van der Waals surface area contributed by atoms with E-state index in [1.54, 1.807) is 0 Å². The van der Waals surface area contributed by atoms with Gasteiger partial charge in [0.2, 0.25) is 6.10 Å². The van der Waals surface area contributed by atoms with Crippen LogP contribution >= 0.6 is 0 Å². The second kappa shape index (κ2) is 4.35. The van der Waals surface area contributed by atoms with Crippen molar-refractivity contribution in [2.45, 2.75) is 25.6 Å². The van der Waals surface area contributed by atoms with Crippen LogP contribution in [0.4, 0.5) is 0 Å². The minimum atomic E-state index is -0.814. The molecule has 1 heterocycles. The fourth-order valence-electron chi connectivity index (χ4n) is 1.54. The second-order valence-corrected chi connectivity index (χ2v) is 3.69. The van der Waals surface area contributed by atoms with Gasteiger partial charge in [0.1, 0.15) is 0 Å². The van der Waals surface area contributed by atoms with Crippen molar-refractivity contribution in [3.63, 3.8) is 0 Å². The molecule has 0 unspecified atom stereocenters. The first-order valence-corrected chi connectivity index (χ1v) is 5.12. The summed E-state index contributed by atoms with van der Waals surface area (Å²) in [5.74, 6) is -0.962. The van der Waals surface area contributed by atoms with Crippen molar-refractivity contribution in [1.29, 1.82) is 0 Å². The van der Waals surface area contributed by atoms with Crippen molar-refractivity contribution < 1.29 is 19.1 Å². The van der Waals surface area contributed by atoms with Gasteiger partial charge in [-0.05, 0) is 12.5 Å². The van der Waals surface area contributed by atoms with Crippen LogP contribution in [-0.2, 0) is 25.5 Å². The first kappa shape index (κ1) is 10.7. The van der Waals surface area contributed by atoms with E-state index in [1.807, 2.05) is 30.3 Å². The van der Waals surface area contributed by atoms with Crippen molar-refractivity contribution in [3.05, 3.63) is 35.9 Å². The zero-order chi connectivity index (χ0) is 11.5. The van der Waals surface area contributed by atoms with Crippen LogP contribution in [0, 0.1) is 0 Å². The highest BCUT2D eigenvalue weighted by atomic mass is 16.6. The second-order valence-electron chi connectivity index (χ2n) is 3.69. The van der Waals surface area contributed by atoms with E-state index >= 15 is 0 Å². The molecular weight excluding hydrogens is 208 g/mol. The van der Waals surface area contributed by atoms with E-state index in [4.69, 9.17) is 9.47 Å². The van der Waals surface area contributed by atoms with Crippen molar-refractivity contribution in [1.82, 2.24) is 0 Å². The first-order valence-electron chi connectivity index (χ1n) is 5.12. The molecule has 0 saturated carbocycles. The SMILES string of the molecule is C[C@@H]1OC(=O)[C@H](Cc2ccccc2)OC1=O. The molecule has 4 heteroatoms. The Morgan fingerprint density at radius 3 is 2.44 bits per heavy atom. The van der Waals surface area contributed by atoms with E-state index < -0.39 is 24.1 Å². The molecule has 2 rings (SSSR count). The number of hydrogen-bond acceptors (Lipinski definition) is 4. The quantitative estimate of drug-likeness (QED) is 0.700. The molecule has 0 spiro atoms. The van der Waals surface area contributed by atoms with Crippen LogP contribution in [0.5, 0.6) is 0 Å². The van der Waals surface area contributed by atoms with Crippen molar-refractivity contribution in [2.75, 3.05) is 0 Å². The Balaban J connectivity index is 2.05. The number of rotatable bonds is 2. The molecule has 0 aromatic heterocycles. The number of carbonyl (C=O) groups is 2. The maximum atomic E-state index is 11.5. The van der Waals surface area contributed by atoms with Gasteiger partial charge in [0.05, 0.1) is 0 Å². The lowest BCUT2D eigenvalue weighted by molar-refractivity contribution is -0.193. The Morgan fingerprint density at radius 2 is 1.75 bits per heavy atom. The van der Waals surface area contributed by atoms with Crippen LogP contribution in [-0.4, -0.2) is 24.1 Å². The van der Waals surface area contributed by atoms with E-state index in [0.717, 1.165) is 5.56 Å². The summed E-state index contributed by atoms with van der Waals surface area (Å²) in [5.41, 5.74) is 0.937. The molecule has 0 radical (unpaired) electrons. The van der Waals surface area contributed by atoms with Gasteiger partial charge in [0, 0.05) is 6.42 Å². The van der Waals surface area contributed by atoms with Crippen LogP contribution in [0.25, 0.3) is 0 Å². The minimum Gasteiger partial charge on any atom is -0.448 e. The van der Waals surface area contributed by atoms with Gasteiger partial charge in [-0.3, -0.25) is 0 Å². The van der Waals surface area contributed by atoms with Crippen LogP contribution < -0.4 is 0 Å². The lowest BCUT2D eigenvalue weighted by atomic mass is 10.1. The van der Waals surface area contributed by atoms with E-state index in [0.29, 0.717) is 6.42 Å². The van der Waals surface area contributed by atoms with Gasteiger partial charge in [-0.1, -0.05) is 30.3 Å². The molecule has 1 aliphatic rings. The first-order chi connectivity index (χ1) is 7.66. The number of ether oxygens (including phenoxy) is 2. The number of hydrogen-bond donors (Lipinski definition) is 0. The maximum absolute atomic E-state index is 11.5. The number of cyclic esters (lactones) is 2. The zero-order valence-electron chi connectivity index (χ0n) is 8.88. The molecule has 0 bridgehead atoms. The largest absolute Gasteiger partial charge is 0.448 e. The molecule has 0 aliphatic carbocycles. The van der Waals surface area contributed by atoms with Crippen molar-refractivity contribution in [2.24, 2.45) is 0 Å². The Hall–Kier alpha value is -1.84. The molecule has 1 saturated heterocycles. The highest BCUT2D eigenvalue weighted by Crippen LogP contribution is 2.14. The van der Waals surface area contributed by atoms with Crippen LogP contribution in [0.2, 0.25) is 0 Å². The number of carbonyl (C=O) groups excluding carboxylic acids is 2. The van der Waals surface area contributed by atoms with Gasteiger partial charge < -0.3 is 9.47 Å². The fourth-order valence-corrected chi connectivity index (χ4v) is 1.54. The van der Waals surface area contributed by atoms with Gasteiger partial charge in [-0.25, -0.2) is 9.59 Å². The third-order valence-corrected chi connectivity index (χ3v) is 2.41. The molecule has 0 amide bonds. The fraction of sp³-hybridized carbons (Fsp3) is 0.333. The third kappa shape index (κ3) is 2.21. The third-order valence-electron chi connectivity index (χ3n) is 2.41. The van der Waals surface area contributed by atoms with Crippen LogP contribution in [0.15, 0.2) is 30.3 Å². The van der Waals surface area contributed by atoms with E-state index in [-0.39, 0.29) is 0 Å². The van der Waals surface area contributed by atoms with Gasteiger partial charge in [-0.15, -0.1) is 0 Å². The molecule has 16 heavy (non-hydrogen) atoms. The molecule has 1 aliphatic heterocycles. The minimum absolute atomic E-state index is 0.359. The monoisotopic (exact) mass is 220 g/mol. The average molecular weight is 220 g/mol. The summed E-state index contributed by atoms with van der Waals surface area (Å²) in [6.45, 7) is 1.50. The molecule has 0 N–H and O–H groups in total. The summed E-state index contributed by atoms with van der Waals surface area (Å²) >= 11 is 0. The topological polar surface area (TPSA) is 52.6 Å². The average Bonchev–Trinajstić information content (AvgIpc) is 2.27. The van der Waals surface area contributed by atoms with E-state index in [9.17, 15) is 9.59 Å². The molecule has 1 aromatic carbocycles. The molecule has 2 atom stereocenters. The predicted molar refractivity (Wildman–Crippen MR) is 55.6 cm³/mol. The maximum Gasteiger partial charge on any atom is 0.348 e. The lowest BCUT2D eigenvalue weighted by Gasteiger charge is -2.25. The molecule has 1 fully saturated rings. The lowest BCUT2D eigenvalue weighted by Crippen LogP contribution is -2.43. The van der Waals surface area contributed by atoms with Crippen molar-refractivity contribution in [3.8, 4) is 0 Å². The Labute approximate surface area is 93.2 Å². The van der Waals surface area contributed by atoms with Gasteiger partial charge in [0.15, 0.2) is 6.10 Å². The van der Waals surface area contributed by atoms with Gasteiger partial charge in [-0.2, -0.15) is 0 Å². The van der Waals surface area contributed by atoms with E-state index in [1.165, 1.54) is 6.92 Å². The normalized spacial score (nSPS) is 24.8.